The molecule has 2 N–H and O–H groups in total. The van der Waals surface area contributed by atoms with Crippen molar-refractivity contribution < 1.29 is 19.5 Å². The van der Waals surface area contributed by atoms with Crippen molar-refractivity contribution in [1.29, 1.82) is 0 Å². The molecule has 152 valence electrons. The Balaban J connectivity index is 1.78. The van der Waals surface area contributed by atoms with E-state index in [-0.39, 0.29) is 24.3 Å². The summed E-state index contributed by atoms with van der Waals surface area (Å²) in [5, 5.41) is 12.0. The second kappa shape index (κ2) is 9.60. The monoisotopic (exact) mass is 412 g/mol. The fourth-order valence-corrected chi connectivity index (χ4v) is 3.86. The maximum absolute atomic E-state index is 13.0. The molecule has 2 aromatic carbocycles. The Morgan fingerprint density at radius 2 is 1.76 bits per heavy atom. The van der Waals surface area contributed by atoms with E-state index >= 15 is 0 Å². The zero-order valence-corrected chi connectivity index (χ0v) is 16.8. The first kappa shape index (κ1) is 20.9. The molecule has 1 aliphatic heterocycles. The van der Waals surface area contributed by atoms with Crippen LogP contribution in [-0.2, 0) is 33.8 Å². The molecule has 2 unspecified atom stereocenters. The number of carboxylic acids is 1. The van der Waals surface area contributed by atoms with Gasteiger partial charge in [0.15, 0.2) is 0 Å². The predicted molar refractivity (Wildman–Crippen MR) is 113 cm³/mol. The first-order chi connectivity index (χ1) is 14.0. The molecule has 0 radical (unpaired) electrons. The van der Waals surface area contributed by atoms with Gasteiger partial charge >= 0.3 is 5.97 Å². The molecule has 0 saturated carbocycles. The molecule has 1 aliphatic rings. The lowest BCUT2D eigenvalue weighted by Gasteiger charge is -2.25. The number of hydrogen-bond donors (Lipinski definition) is 3. The molecule has 6 nitrogen and oxygen atoms in total. The molecule has 2 amide bonds. The number of thiol groups is 1. The Hall–Kier alpha value is -2.80. The lowest BCUT2D eigenvalue weighted by atomic mass is 9.98. The number of hydrogen-bond acceptors (Lipinski definition) is 4. The van der Waals surface area contributed by atoms with Crippen molar-refractivity contribution >= 4 is 30.4 Å². The number of fused-ring (bicyclic) bond motifs is 1. The molecule has 0 spiro atoms. The summed E-state index contributed by atoms with van der Waals surface area (Å²) in [4.78, 5) is 38.4. The molecule has 0 aliphatic carbocycles. The van der Waals surface area contributed by atoms with E-state index in [4.69, 9.17) is 0 Å². The van der Waals surface area contributed by atoms with E-state index in [1.807, 2.05) is 54.6 Å². The summed E-state index contributed by atoms with van der Waals surface area (Å²) in [6.07, 6.45) is 0.855. The third-order valence-electron chi connectivity index (χ3n) is 5.07. The average Bonchev–Trinajstić information content (AvgIpc) is 2.83. The Morgan fingerprint density at radius 3 is 2.41 bits per heavy atom. The summed E-state index contributed by atoms with van der Waals surface area (Å²) in [6.45, 7) is -0.187. The van der Waals surface area contributed by atoms with Gasteiger partial charge in [0.2, 0.25) is 11.8 Å². The van der Waals surface area contributed by atoms with Crippen LogP contribution >= 0.6 is 12.6 Å². The van der Waals surface area contributed by atoms with Crippen LogP contribution in [0.15, 0.2) is 54.6 Å². The van der Waals surface area contributed by atoms with Crippen LogP contribution in [0, 0.1) is 5.92 Å². The highest BCUT2D eigenvalue weighted by atomic mass is 32.1. The number of nitrogens with zero attached hydrogens (tertiary/aromatic N) is 1. The van der Waals surface area contributed by atoms with Crippen LogP contribution in [0.2, 0.25) is 0 Å². The highest BCUT2D eigenvalue weighted by Gasteiger charge is 2.33. The van der Waals surface area contributed by atoms with Gasteiger partial charge in [-0.25, -0.2) is 0 Å². The van der Waals surface area contributed by atoms with Crippen molar-refractivity contribution in [2.24, 2.45) is 5.92 Å². The predicted octanol–water partition coefficient (Wildman–Crippen LogP) is 1.93. The van der Waals surface area contributed by atoms with Crippen LogP contribution in [-0.4, -0.2) is 46.1 Å². The van der Waals surface area contributed by atoms with Gasteiger partial charge in [0.1, 0.15) is 12.6 Å². The van der Waals surface area contributed by atoms with E-state index in [9.17, 15) is 19.5 Å². The maximum atomic E-state index is 13.0. The van der Waals surface area contributed by atoms with Gasteiger partial charge in [0.05, 0.1) is 5.92 Å². The third-order valence-corrected chi connectivity index (χ3v) is 5.51. The number of nitrogens with one attached hydrogen (secondary N) is 1. The minimum atomic E-state index is -1.08. The smallest absolute Gasteiger partial charge is 0.323 e. The van der Waals surface area contributed by atoms with Gasteiger partial charge in [-0.3, -0.25) is 14.4 Å². The van der Waals surface area contributed by atoms with E-state index in [2.05, 4.69) is 17.9 Å². The minimum Gasteiger partial charge on any atom is -0.480 e. The van der Waals surface area contributed by atoms with Crippen LogP contribution < -0.4 is 5.32 Å². The SMILES string of the molecule is O=C(O)CN1Cc2ccccc2CC(NC(=O)C(CS)Cc2ccccc2)C1=O. The number of carbonyl (C=O) groups is 3. The van der Waals surface area contributed by atoms with Crippen LogP contribution in [0.4, 0.5) is 0 Å². The number of benzene rings is 2. The van der Waals surface area contributed by atoms with E-state index in [1.165, 1.54) is 4.90 Å². The molecule has 2 aromatic rings. The molecule has 1 heterocycles. The molecule has 0 fully saturated rings. The summed E-state index contributed by atoms with van der Waals surface area (Å²) in [6, 6.07) is 16.4. The Morgan fingerprint density at radius 1 is 1.10 bits per heavy atom. The molecule has 0 bridgehead atoms. The Labute approximate surface area is 175 Å². The van der Waals surface area contributed by atoms with Crippen molar-refractivity contribution in [3.63, 3.8) is 0 Å². The van der Waals surface area contributed by atoms with Crippen molar-refractivity contribution in [3.05, 3.63) is 71.3 Å². The number of amides is 2. The summed E-state index contributed by atoms with van der Waals surface area (Å²) < 4.78 is 0. The molecular formula is C22H24N2O4S. The summed E-state index contributed by atoms with van der Waals surface area (Å²) in [7, 11) is 0. The fraction of sp³-hybridized carbons (Fsp3) is 0.318. The van der Waals surface area contributed by atoms with Crippen LogP contribution in [0.5, 0.6) is 0 Å². The first-order valence-electron chi connectivity index (χ1n) is 9.50. The second-order valence-corrected chi connectivity index (χ2v) is 7.56. The Bertz CT molecular complexity index is 887. The molecule has 0 saturated heterocycles. The van der Waals surface area contributed by atoms with E-state index in [0.29, 0.717) is 18.6 Å². The van der Waals surface area contributed by atoms with Crippen molar-refractivity contribution in [1.82, 2.24) is 10.2 Å². The van der Waals surface area contributed by atoms with E-state index < -0.39 is 18.6 Å². The Kier molecular flexibility index (Phi) is 6.93. The molecular weight excluding hydrogens is 388 g/mol. The van der Waals surface area contributed by atoms with Gasteiger partial charge in [-0.15, -0.1) is 0 Å². The van der Waals surface area contributed by atoms with Crippen molar-refractivity contribution in [2.45, 2.75) is 25.4 Å². The quantitative estimate of drug-likeness (QED) is 0.607. The van der Waals surface area contributed by atoms with Crippen LogP contribution in [0.3, 0.4) is 0 Å². The van der Waals surface area contributed by atoms with Crippen LogP contribution in [0.1, 0.15) is 16.7 Å². The molecule has 3 rings (SSSR count). The van der Waals surface area contributed by atoms with Crippen molar-refractivity contribution in [3.8, 4) is 0 Å². The fourth-order valence-electron chi connectivity index (χ4n) is 3.56. The molecule has 29 heavy (non-hydrogen) atoms. The highest BCUT2D eigenvalue weighted by molar-refractivity contribution is 7.80. The van der Waals surface area contributed by atoms with Gasteiger partial charge < -0.3 is 15.3 Å². The van der Waals surface area contributed by atoms with Gasteiger partial charge in [-0.1, -0.05) is 54.6 Å². The number of carbonyl (C=O) groups excluding carboxylic acids is 2. The highest BCUT2D eigenvalue weighted by Crippen LogP contribution is 2.20. The lowest BCUT2D eigenvalue weighted by molar-refractivity contribution is -0.146. The number of carboxylic acid groups (broad SMARTS) is 1. The second-order valence-electron chi connectivity index (χ2n) is 7.19. The maximum Gasteiger partial charge on any atom is 0.323 e. The largest absolute Gasteiger partial charge is 0.480 e. The zero-order valence-electron chi connectivity index (χ0n) is 16.0. The molecule has 2 atom stereocenters. The van der Waals surface area contributed by atoms with Crippen LogP contribution in [0.25, 0.3) is 0 Å². The van der Waals surface area contributed by atoms with Gasteiger partial charge in [-0.05, 0) is 23.1 Å². The number of rotatable bonds is 7. The van der Waals surface area contributed by atoms with Crippen molar-refractivity contribution in [2.75, 3.05) is 12.3 Å². The standard InChI is InChI=1S/C22H24N2O4S/c25-20(26)13-24-12-17-9-5-4-8-16(17)11-19(22(24)28)23-21(27)18(14-29)10-15-6-2-1-3-7-15/h1-9,18-19,29H,10-14H2,(H,23,27)(H,25,26). The molecule has 0 aromatic heterocycles. The average molecular weight is 413 g/mol. The zero-order chi connectivity index (χ0) is 20.8. The number of aliphatic carboxylic acids is 1. The van der Waals surface area contributed by atoms with Gasteiger partial charge in [0, 0.05) is 18.7 Å². The van der Waals surface area contributed by atoms with E-state index in [1.54, 1.807) is 0 Å². The minimum absolute atomic E-state index is 0.216. The molecule has 7 heteroatoms. The van der Waals surface area contributed by atoms with Gasteiger partial charge in [-0.2, -0.15) is 12.6 Å². The third kappa shape index (κ3) is 5.38. The van der Waals surface area contributed by atoms with Gasteiger partial charge in [0.25, 0.3) is 0 Å². The first-order valence-corrected chi connectivity index (χ1v) is 10.1. The normalized spacial score (nSPS) is 17.2. The van der Waals surface area contributed by atoms with E-state index in [0.717, 1.165) is 16.7 Å². The summed E-state index contributed by atoms with van der Waals surface area (Å²) in [5.74, 6) is -1.76. The topological polar surface area (TPSA) is 86.7 Å². The summed E-state index contributed by atoms with van der Waals surface area (Å²) >= 11 is 4.32. The lowest BCUT2D eigenvalue weighted by Crippen LogP contribution is -2.51. The summed E-state index contributed by atoms with van der Waals surface area (Å²) in [5.41, 5.74) is 2.85.